The molecule has 0 saturated carbocycles. The Bertz CT molecular complexity index is 988. The summed E-state index contributed by atoms with van der Waals surface area (Å²) in [6.07, 6.45) is 6.29. The van der Waals surface area contributed by atoms with Crippen molar-refractivity contribution in [2.45, 2.75) is 44.3 Å². The zero-order valence-corrected chi connectivity index (χ0v) is 19.8. The third kappa shape index (κ3) is 4.57. The average Bonchev–Trinajstić information content (AvgIpc) is 2.87. The number of nitrogens with one attached hydrogen (secondary N) is 1. The topological polar surface area (TPSA) is 60.9 Å². The van der Waals surface area contributed by atoms with E-state index in [9.17, 15) is 4.79 Å². The van der Waals surface area contributed by atoms with Crippen molar-refractivity contribution in [1.29, 1.82) is 0 Å². The Hall–Kier alpha value is -2.64. The maximum absolute atomic E-state index is 11.9. The predicted octanol–water partition coefficient (Wildman–Crippen LogP) is 2.99. The lowest BCUT2D eigenvalue weighted by atomic mass is 9.89. The Morgan fingerprint density at radius 2 is 2.00 bits per heavy atom. The number of aromatic nitrogens is 1. The van der Waals surface area contributed by atoms with Gasteiger partial charge in [0.1, 0.15) is 0 Å². The van der Waals surface area contributed by atoms with Crippen molar-refractivity contribution >= 4 is 11.8 Å². The molecule has 0 radical (unpaired) electrons. The van der Waals surface area contributed by atoms with Gasteiger partial charge in [-0.3, -0.25) is 9.88 Å². The number of amides is 1. The summed E-state index contributed by atoms with van der Waals surface area (Å²) in [5, 5.41) is 3.78. The van der Waals surface area contributed by atoms with E-state index in [1.54, 1.807) is 4.90 Å². The number of carbonyl (C=O) groups is 1. The smallest absolute Gasteiger partial charge is 0.409 e. The molecule has 176 valence electrons. The van der Waals surface area contributed by atoms with Crippen LogP contribution in [0, 0.1) is 0 Å². The quantitative estimate of drug-likeness (QED) is 0.774. The van der Waals surface area contributed by atoms with Crippen molar-refractivity contribution in [3.63, 3.8) is 0 Å². The van der Waals surface area contributed by atoms with E-state index < -0.39 is 0 Å². The highest BCUT2D eigenvalue weighted by molar-refractivity contribution is 5.68. The number of piperazine rings is 1. The van der Waals surface area contributed by atoms with Gasteiger partial charge in [-0.2, -0.15) is 0 Å². The van der Waals surface area contributed by atoms with Crippen LogP contribution in [0.2, 0.25) is 0 Å². The Labute approximate surface area is 196 Å². The SMILES string of the molecule is COC(=O)N1CCN(c2cccc3c2C[C@H](CN(C)[C@H]2CCCc4cccnc42)NC3)CC1. The van der Waals surface area contributed by atoms with E-state index in [4.69, 9.17) is 9.72 Å². The highest BCUT2D eigenvalue weighted by Crippen LogP contribution is 2.33. The number of likely N-dealkylation sites (N-methyl/N-ethyl adjacent to an activating group) is 1. The van der Waals surface area contributed by atoms with Crippen molar-refractivity contribution in [3.8, 4) is 0 Å². The normalized spacial score (nSPS) is 22.6. The number of pyridine rings is 1. The minimum atomic E-state index is -0.226. The summed E-state index contributed by atoms with van der Waals surface area (Å²) in [4.78, 5) is 23.3. The van der Waals surface area contributed by atoms with Gasteiger partial charge in [-0.05, 0) is 61.6 Å². The van der Waals surface area contributed by atoms with Crippen LogP contribution in [0.5, 0.6) is 0 Å². The van der Waals surface area contributed by atoms with Gasteiger partial charge in [0.25, 0.3) is 0 Å². The molecule has 2 aromatic rings. The molecule has 2 atom stereocenters. The lowest BCUT2D eigenvalue weighted by Gasteiger charge is -2.39. The summed E-state index contributed by atoms with van der Waals surface area (Å²) in [6, 6.07) is 11.8. The molecule has 3 heterocycles. The summed E-state index contributed by atoms with van der Waals surface area (Å²) >= 11 is 0. The molecule has 5 rings (SSSR count). The lowest BCUT2D eigenvalue weighted by molar-refractivity contribution is 0.121. The van der Waals surface area contributed by atoms with Crippen molar-refractivity contribution in [1.82, 2.24) is 20.1 Å². The fourth-order valence-electron chi connectivity index (χ4n) is 5.77. The summed E-state index contributed by atoms with van der Waals surface area (Å²) in [7, 11) is 3.71. The molecule has 1 saturated heterocycles. The molecule has 1 aliphatic carbocycles. The number of benzene rings is 1. The molecule has 0 bridgehead atoms. The molecule has 0 spiro atoms. The first kappa shape index (κ1) is 22.2. The molecule has 1 amide bonds. The third-order valence-corrected chi connectivity index (χ3v) is 7.54. The number of hydrogen-bond donors (Lipinski definition) is 1. The second kappa shape index (κ2) is 9.69. The number of anilines is 1. The van der Waals surface area contributed by atoms with Crippen LogP contribution in [-0.2, 0) is 24.1 Å². The fourth-order valence-corrected chi connectivity index (χ4v) is 5.77. The first-order valence-corrected chi connectivity index (χ1v) is 12.2. The Morgan fingerprint density at radius 1 is 1.18 bits per heavy atom. The minimum absolute atomic E-state index is 0.226. The number of fused-ring (bicyclic) bond motifs is 2. The number of nitrogens with zero attached hydrogens (tertiary/aromatic N) is 4. The number of carbonyl (C=O) groups excluding carboxylic acids is 1. The fraction of sp³-hybridized carbons (Fsp3) is 0.538. The molecular formula is C26H35N5O2. The first-order chi connectivity index (χ1) is 16.1. The summed E-state index contributed by atoms with van der Waals surface area (Å²) in [5.74, 6) is 0. The van der Waals surface area contributed by atoms with E-state index in [1.165, 1.54) is 48.0 Å². The Balaban J connectivity index is 1.27. The zero-order valence-electron chi connectivity index (χ0n) is 19.8. The second-order valence-electron chi connectivity index (χ2n) is 9.54. The van der Waals surface area contributed by atoms with Gasteiger partial charge in [0, 0.05) is 57.2 Å². The van der Waals surface area contributed by atoms with E-state index >= 15 is 0 Å². The van der Waals surface area contributed by atoms with Crippen LogP contribution in [0.3, 0.4) is 0 Å². The van der Waals surface area contributed by atoms with Gasteiger partial charge in [-0.25, -0.2) is 4.79 Å². The van der Waals surface area contributed by atoms with E-state index in [-0.39, 0.29) is 6.09 Å². The highest BCUT2D eigenvalue weighted by Gasteiger charge is 2.30. The van der Waals surface area contributed by atoms with Gasteiger partial charge in [0.05, 0.1) is 18.8 Å². The van der Waals surface area contributed by atoms with Crippen molar-refractivity contribution in [3.05, 3.63) is 58.9 Å². The third-order valence-electron chi connectivity index (χ3n) is 7.54. The van der Waals surface area contributed by atoms with Gasteiger partial charge < -0.3 is 19.9 Å². The van der Waals surface area contributed by atoms with Gasteiger partial charge in [-0.1, -0.05) is 18.2 Å². The predicted molar refractivity (Wildman–Crippen MR) is 130 cm³/mol. The highest BCUT2D eigenvalue weighted by atomic mass is 16.5. The van der Waals surface area contributed by atoms with E-state index in [0.717, 1.165) is 39.0 Å². The molecule has 7 nitrogen and oxygen atoms in total. The Kier molecular flexibility index (Phi) is 6.51. The van der Waals surface area contributed by atoms with Crippen LogP contribution in [-0.4, -0.2) is 73.8 Å². The van der Waals surface area contributed by atoms with E-state index in [1.807, 2.05) is 6.20 Å². The maximum atomic E-state index is 11.9. The first-order valence-electron chi connectivity index (χ1n) is 12.2. The molecule has 1 fully saturated rings. The van der Waals surface area contributed by atoms with Gasteiger partial charge >= 0.3 is 6.09 Å². The van der Waals surface area contributed by atoms with Crippen LogP contribution < -0.4 is 10.2 Å². The molecular weight excluding hydrogens is 414 g/mol. The minimum Gasteiger partial charge on any atom is -0.453 e. The van der Waals surface area contributed by atoms with Crippen LogP contribution in [0.25, 0.3) is 0 Å². The van der Waals surface area contributed by atoms with Crippen LogP contribution in [0.15, 0.2) is 36.5 Å². The lowest BCUT2D eigenvalue weighted by Crippen LogP contribution is -2.50. The summed E-state index contributed by atoms with van der Waals surface area (Å²) in [5.41, 5.74) is 6.87. The van der Waals surface area contributed by atoms with Crippen molar-refractivity contribution in [2.75, 3.05) is 51.8 Å². The zero-order chi connectivity index (χ0) is 22.8. The summed E-state index contributed by atoms with van der Waals surface area (Å²) < 4.78 is 4.90. The monoisotopic (exact) mass is 449 g/mol. The molecule has 1 N–H and O–H groups in total. The molecule has 3 aliphatic rings. The molecule has 33 heavy (non-hydrogen) atoms. The van der Waals surface area contributed by atoms with E-state index in [2.05, 4.69) is 52.5 Å². The molecule has 7 heteroatoms. The number of rotatable bonds is 4. The number of methoxy groups -OCH3 is 1. The number of hydrogen-bond acceptors (Lipinski definition) is 6. The number of aryl methyl sites for hydroxylation is 1. The average molecular weight is 450 g/mol. The van der Waals surface area contributed by atoms with Crippen LogP contribution in [0.1, 0.15) is 41.3 Å². The van der Waals surface area contributed by atoms with Gasteiger partial charge in [0.15, 0.2) is 0 Å². The van der Waals surface area contributed by atoms with Crippen LogP contribution in [0.4, 0.5) is 10.5 Å². The second-order valence-corrected chi connectivity index (χ2v) is 9.54. The Morgan fingerprint density at radius 3 is 2.82 bits per heavy atom. The molecule has 1 aromatic carbocycles. The molecule has 0 unspecified atom stereocenters. The van der Waals surface area contributed by atoms with Gasteiger partial charge in [0.2, 0.25) is 0 Å². The van der Waals surface area contributed by atoms with Crippen molar-refractivity contribution in [2.24, 2.45) is 0 Å². The summed E-state index contributed by atoms with van der Waals surface area (Å²) in [6.45, 7) is 5.00. The maximum Gasteiger partial charge on any atom is 0.409 e. The van der Waals surface area contributed by atoms with Crippen molar-refractivity contribution < 1.29 is 9.53 Å². The standard InChI is InChI=1S/C26H35N5O2/c1-29(24-10-3-6-19-8-5-11-27-25(19)24)18-21-16-22-20(17-28-21)7-4-9-23(22)30-12-14-31(15-13-30)26(32)33-2/h4-5,7-9,11,21,24,28H,3,6,10,12-18H2,1-2H3/t21-,24+/m1/s1. The van der Waals surface area contributed by atoms with E-state index in [0.29, 0.717) is 25.2 Å². The number of ether oxygens (including phenoxy) is 1. The molecule has 1 aromatic heterocycles. The van der Waals surface area contributed by atoms with Gasteiger partial charge in [-0.15, -0.1) is 0 Å². The largest absolute Gasteiger partial charge is 0.453 e. The molecule has 2 aliphatic heterocycles. The van der Waals surface area contributed by atoms with Crippen LogP contribution >= 0.6 is 0 Å².